The molecule has 1 aliphatic heterocycles. The predicted octanol–water partition coefficient (Wildman–Crippen LogP) is 1.12. The standard InChI is InChI=1S/C13H18FNO4S/c1-13(2)9-19-6-5-15(13)20(17,18)12-7-11(14)4-3-10(12)8-16/h3-4,7,16H,5-6,8-9H2,1-2H3. The maximum Gasteiger partial charge on any atom is 0.244 e. The fourth-order valence-electron chi connectivity index (χ4n) is 2.31. The van der Waals surface area contributed by atoms with E-state index in [1.54, 1.807) is 13.8 Å². The van der Waals surface area contributed by atoms with E-state index in [4.69, 9.17) is 4.74 Å². The van der Waals surface area contributed by atoms with E-state index in [1.165, 1.54) is 10.4 Å². The molecule has 0 unspecified atom stereocenters. The van der Waals surface area contributed by atoms with Crippen molar-refractivity contribution in [2.45, 2.75) is 30.9 Å². The van der Waals surface area contributed by atoms with Crippen LogP contribution in [-0.2, 0) is 21.4 Å². The van der Waals surface area contributed by atoms with Crippen LogP contribution >= 0.6 is 0 Å². The monoisotopic (exact) mass is 303 g/mol. The third-order valence-electron chi connectivity index (χ3n) is 3.34. The summed E-state index contributed by atoms with van der Waals surface area (Å²) in [5.41, 5.74) is -0.524. The molecule has 5 nitrogen and oxygen atoms in total. The normalized spacial score (nSPS) is 20.0. The number of rotatable bonds is 3. The Morgan fingerprint density at radius 3 is 2.75 bits per heavy atom. The van der Waals surface area contributed by atoms with E-state index < -0.39 is 28.0 Å². The molecule has 1 aliphatic rings. The van der Waals surface area contributed by atoms with Crippen molar-refractivity contribution in [1.29, 1.82) is 0 Å². The van der Waals surface area contributed by atoms with Gasteiger partial charge in [-0.1, -0.05) is 6.07 Å². The van der Waals surface area contributed by atoms with Crippen LogP contribution in [0.5, 0.6) is 0 Å². The second-order valence-corrected chi connectivity index (χ2v) is 7.18. The first-order valence-corrected chi connectivity index (χ1v) is 7.73. The van der Waals surface area contributed by atoms with Gasteiger partial charge in [0.25, 0.3) is 0 Å². The van der Waals surface area contributed by atoms with Crippen LogP contribution < -0.4 is 0 Å². The Kier molecular flexibility index (Phi) is 4.15. The van der Waals surface area contributed by atoms with E-state index in [0.717, 1.165) is 12.1 Å². The summed E-state index contributed by atoms with van der Waals surface area (Å²) in [6.07, 6.45) is 0. The van der Waals surface area contributed by atoms with Gasteiger partial charge in [-0.05, 0) is 31.5 Å². The lowest BCUT2D eigenvalue weighted by atomic mass is 10.1. The second kappa shape index (κ2) is 5.40. The van der Waals surface area contributed by atoms with E-state index in [-0.39, 0.29) is 23.6 Å². The van der Waals surface area contributed by atoms with Gasteiger partial charge in [0, 0.05) is 6.54 Å². The highest BCUT2D eigenvalue weighted by atomic mass is 32.2. The molecule has 0 amide bonds. The molecule has 0 saturated carbocycles. The summed E-state index contributed by atoms with van der Waals surface area (Å²) in [5, 5.41) is 9.27. The lowest BCUT2D eigenvalue weighted by Crippen LogP contribution is -2.55. The molecule has 0 atom stereocenters. The molecule has 1 saturated heterocycles. The van der Waals surface area contributed by atoms with Gasteiger partial charge in [0.05, 0.1) is 30.3 Å². The molecular formula is C13H18FNO4S. The van der Waals surface area contributed by atoms with Crippen LogP contribution in [0.2, 0.25) is 0 Å². The first-order chi connectivity index (χ1) is 9.29. The SMILES string of the molecule is CC1(C)COCCN1S(=O)(=O)c1cc(F)ccc1CO. The molecule has 1 heterocycles. The lowest BCUT2D eigenvalue weighted by molar-refractivity contribution is -0.00776. The Labute approximate surface area is 118 Å². The minimum atomic E-state index is -3.88. The Balaban J connectivity index is 2.52. The quantitative estimate of drug-likeness (QED) is 0.908. The summed E-state index contributed by atoms with van der Waals surface area (Å²) in [6, 6.07) is 3.37. The largest absolute Gasteiger partial charge is 0.392 e. The zero-order valence-electron chi connectivity index (χ0n) is 11.5. The van der Waals surface area contributed by atoms with Crippen molar-refractivity contribution in [3.8, 4) is 0 Å². The second-order valence-electron chi connectivity index (χ2n) is 5.35. The first kappa shape index (κ1) is 15.4. The van der Waals surface area contributed by atoms with Crippen LogP contribution in [-0.4, -0.2) is 43.1 Å². The summed E-state index contributed by atoms with van der Waals surface area (Å²) < 4.78 is 45.4. The molecular weight excluding hydrogens is 285 g/mol. The van der Waals surface area contributed by atoms with E-state index >= 15 is 0 Å². The van der Waals surface area contributed by atoms with Crippen molar-refractivity contribution in [2.24, 2.45) is 0 Å². The van der Waals surface area contributed by atoms with Gasteiger partial charge in [-0.3, -0.25) is 0 Å². The van der Waals surface area contributed by atoms with Gasteiger partial charge < -0.3 is 9.84 Å². The van der Waals surface area contributed by atoms with Crippen LogP contribution in [0.15, 0.2) is 23.1 Å². The number of aliphatic hydroxyl groups is 1. The maximum atomic E-state index is 13.4. The fraction of sp³-hybridized carbons (Fsp3) is 0.538. The Morgan fingerprint density at radius 2 is 2.15 bits per heavy atom. The van der Waals surface area contributed by atoms with E-state index in [9.17, 15) is 17.9 Å². The number of hydrogen-bond acceptors (Lipinski definition) is 4. The number of nitrogens with zero attached hydrogens (tertiary/aromatic N) is 1. The van der Waals surface area contributed by atoms with Crippen LogP contribution in [0, 0.1) is 5.82 Å². The molecule has 0 spiro atoms. The lowest BCUT2D eigenvalue weighted by Gasteiger charge is -2.41. The zero-order chi connectivity index (χ0) is 15.0. The van der Waals surface area contributed by atoms with Crippen LogP contribution in [0.1, 0.15) is 19.4 Å². The molecule has 1 aromatic carbocycles. The molecule has 0 radical (unpaired) electrons. The molecule has 1 aromatic rings. The highest BCUT2D eigenvalue weighted by molar-refractivity contribution is 7.89. The molecule has 20 heavy (non-hydrogen) atoms. The molecule has 0 aliphatic carbocycles. The fourth-order valence-corrected chi connectivity index (χ4v) is 4.29. The summed E-state index contributed by atoms with van der Waals surface area (Å²) >= 11 is 0. The van der Waals surface area contributed by atoms with Gasteiger partial charge in [0.2, 0.25) is 10.0 Å². The van der Waals surface area contributed by atoms with E-state index in [2.05, 4.69) is 0 Å². The molecule has 7 heteroatoms. The number of morpholine rings is 1. The third kappa shape index (κ3) is 2.71. The van der Waals surface area contributed by atoms with Gasteiger partial charge in [-0.25, -0.2) is 12.8 Å². The molecule has 2 rings (SSSR count). The van der Waals surface area contributed by atoms with Gasteiger partial charge in [0.1, 0.15) is 5.82 Å². The molecule has 1 N–H and O–H groups in total. The minimum absolute atomic E-state index is 0.185. The number of aliphatic hydroxyl groups excluding tert-OH is 1. The Hall–Kier alpha value is -1.02. The summed E-state index contributed by atoms with van der Waals surface area (Å²) in [5.74, 6) is -0.646. The molecule has 0 aromatic heterocycles. The minimum Gasteiger partial charge on any atom is -0.392 e. The van der Waals surface area contributed by atoms with Crippen LogP contribution in [0.3, 0.4) is 0 Å². The number of sulfonamides is 1. The smallest absolute Gasteiger partial charge is 0.244 e. The Bertz CT molecular complexity index is 600. The van der Waals surface area contributed by atoms with E-state index in [1.807, 2.05) is 0 Å². The predicted molar refractivity (Wildman–Crippen MR) is 71.1 cm³/mol. The third-order valence-corrected chi connectivity index (χ3v) is 5.53. The van der Waals surface area contributed by atoms with Gasteiger partial charge >= 0.3 is 0 Å². The molecule has 1 fully saturated rings. The topological polar surface area (TPSA) is 66.8 Å². The first-order valence-electron chi connectivity index (χ1n) is 6.29. The summed E-state index contributed by atoms with van der Waals surface area (Å²) in [4.78, 5) is -0.185. The zero-order valence-corrected chi connectivity index (χ0v) is 12.3. The van der Waals surface area contributed by atoms with Crippen molar-refractivity contribution in [3.63, 3.8) is 0 Å². The number of halogens is 1. The van der Waals surface area contributed by atoms with Crippen molar-refractivity contribution in [2.75, 3.05) is 19.8 Å². The van der Waals surface area contributed by atoms with Crippen LogP contribution in [0.4, 0.5) is 4.39 Å². The van der Waals surface area contributed by atoms with Gasteiger partial charge in [0.15, 0.2) is 0 Å². The van der Waals surface area contributed by atoms with Gasteiger partial charge in [-0.15, -0.1) is 0 Å². The maximum absolute atomic E-state index is 13.4. The number of hydrogen-bond donors (Lipinski definition) is 1. The van der Waals surface area contributed by atoms with Crippen molar-refractivity contribution < 1.29 is 22.7 Å². The van der Waals surface area contributed by atoms with E-state index in [0.29, 0.717) is 6.61 Å². The molecule has 0 bridgehead atoms. The number of ether oxygens (including phenoxy) is 1. The Morgan fingerprint density at radius 1 is 1.45 bits per heavy atom. The number of benzene rings is 1. The van der Waals surface area contributed by atoms with Crippen molar-refractivity contribution in [3.05, 3.63) is 29.6 Å². The summed E-state index contributed by atoms with van der Waals surface area (Å²) in [7, 11) is -3.88. The molecule has 112 valence electrons. The average molecular weight is 303 g/mol. The van der Waals surface area contributed by atoms with Crippen molar-refractivity contribution >= 4 is 10.0 Å². The average Bonchev–Trinajstić information content (AvgIpc) is 2.37. The van der Waals surface area contributed by atoms with Gasteiger partial charge in [-0.2, -0.15) is 4.31 Å². The highest BCUT2D eigenvalue weighted by Gasteiger charge is 2.40. The summed E-state index contributed by atoms with van der Waals surface area (Å²) in [6.45, 7) is 3.82. The highest BCUT2D eigenvalue weighted by Crippen LogP contribution is 2.29. The van der Waals surface area contributed by atoms with Crippen molar-refractivity contribution in [1.82, 2.24) is 4.31 Å². The van der Waals surface area contributed by atoms with Crippen LogP contribution in [0.25, 0.3) is 0 Å².